The highest BCUT2D eigenvalue weighted by Crippen LogP contribution is 2.17. The number of benzene rings is 2. The molecule has 4 heteroatoms. The molecule has 0 aromatic heterocycles. The molecule has 0 heterocycles. The molecule has 3 N–H and O–H groups in total. The van der Waals surface area contributed by atoms with Gasteiger partial charge in [-0.15, -0.1) is 0 Å². The van der Waals surface area contributed by atoms with Crippen LogP contribution >= 0.6 is 0 Å². The Labute approximate surface area is 118 Å². The maximum absolute atomic E-state index is 9.25. The predicted octanol–water partition coefficient (Wildman–Crippen LogP) is 2.03. The van der Waals surface area contributed by atoms with E-state index in [2.05, 4.69) is 5.32 Å². The Hall–Kier alpha value is -2.04. The first-order chi connectivity index (χ1) is 9.78. The molecular weight excluding hydrogens is 254 g/mol. The summed E-state index contributed by atoms with van der Waals surface area (Å²) < 4.78 is 5.68. The molecule has 0 bridgehead atoms. The minimum Gasteiger partial charge on any atom is -0.489 e. The monoisotopic (exact) mass is 273 g/mol. The number of aliphatic hydroxyl groups excluding tert-OH is 2. The molecule has 0 saturated heterocycles. The molecule has 106 valence electrons. The van der Waals surface area contributed by atoms with Gasteiger partial charge in [0.15, 0.2) is 0 Å². The van der Waals surface area contributed by atoms with Gasteiger partial charge in [0.1, 0.15) is 12.4 Å². The van der Waals surface area contributed by atoms with E-state index in [1.54, 1.807) is 0 Å². The summed E-state index contributed by atoms with van der Waals surface area (Å²) in [5, 5.41) is 21.0. The molecule has 0 aliphatic carbocycles. The summed E-state index contributed by atoms with van der Waals surface area (Å²) in [5.74, 6) is 0.794. The first kappa shape index (κ1) is 14.4. The van der Waals surface area contributed by atoms with E-state index >= 15 is 0 Å². The van der Waals surface area contributed by atoms with Crippen LogP contribution in [0.5, 0.6) is 5.75 Å². The van der Waals surface area contributed by atoms with Crippen molar-refractivity contribution in [2.45, 2.75) is 12.7 Å². The van der Waals surface area contributed by atoms with Crippen LogP contribution in [0.25, 0.3) is 0 Å². The van der Waals surface area contributed by atoms with E-state index in [9.17, 15) is 5.11 Å². The quantitative estimate of drug-likeness (QED) is 0.722. The van der Waals surface area contributed by atoms with Gasteiger partial charge in [0.2, 0.25) is 0 Å². The van der Waals surface area contributed by atoms with Gasteiger partial charge in [0.05, 0.1) is 12.7 Å². The van der Waals surface area contributed by atoms with Gasteiger partial charge in [-0.05, 0) is 29.8 Å². The molecule has 20 heavy (non-hydrogen) atoms. The average Bonchev–Trinajstić information content (AvgIpc) is 2.52. The highest BCUT2D eigenvalue weighted by molar-refractivity contribution is 5.46. The van der Waals surface area contributed by atoms with Crippen molar-refractivity contribution in [1.29, 1.82) is 0 Å². The van der Waals surface area contributed by atoms with E-state index in [0.717, 1.165) is 17.0 Å². The van der Waals surface area contributed by atoms with Crippen molar-refractivity contribution < 1.29 is 14.9 Å². The lowest BCUT2D eigenvalue weighted by Gasteiger charge is -2.11. The summed E-state index contributed by atoms with van der Waals surface area (Å²) in [6, 6.07) is 17.5. The summed E-state index contributed by atoms with van der Waals surface area (Å²) in [7, 11) is 0. The zero-order valence-corrected chi connectivity index (χ0v) is 11.2. The van der Waals surface area contributed by atoms with Crippen molar-refractivity contribution in [2.75, 3.05) is 18.5 Å². The fraction of sp³-hybridized carbons (Fsp3) is 0.250. The smallest absolute Gasteiger partial charge is 0.119 e. The molecule has 2 aromatic rings. The molecule has 0 spiro atoms. The standard InChI is InChI=1S/C16H19NO3/c18-11-15(19)10-17-14-6-8-16(9-7-14)20-12-13-4-2-1-3-5-13/h1-9,15,17-19H,10-12H2/t15-/m0/s1. The molecule has 4 nitrogen and oxygen atoms in total. The maximum Gasteiger partial charge on any atom is 0.119 e. The first-order valence-electron chi connectivity index (χ1n) is 6.57. The van der Waals surface area contributed by atoms with Crippen LogP contribution in [-0.2, 0) is 6.61 Å². The number of hydrogen-bond donors (Lipinski definition) is 3. The third kappa shape index (κ3) is 4.57. The Balaban J connectivity index is 1.82. The number of aliphatic hydroxyl groups is 2. The largest absolute Gasteiger partial charge is 0.489 e. The molecule has 0 fully saturated rings. The zero-order valence-electron chi connectivity index (χ0n) is 11.2. The van der Waals surface area contributed by atoms with Gasteiger partial charge in [-0.25, -0.2) is 0 Å². The highest BCUT2D eigenvalue weighted by Gasteiger charge is 2.01. The Morgan fingerprint density at radius 3 is 2.35 bits per heavy atom. The van der Waals surface area contributed by atoms with Crippen molar-refractivity contribution in [3.8, 4) is 5.75 Å². The van der Waals surface area contributed by atoms with E-state index in [-0.39, 0.29) is 6.61 Å². The SMILES string of the molecule is OC[C@@H](O)CNc1ccc(OCc2ccccc2)cc1. The Bertz CT molecular complexity index is 499. The molecule has 0 saturated carbocycles. The van der Waals surface area contributed by atoms with Crippen LogP contribution in [0.2, 0.25) is 0 Å². The summed E-state index contributed by atoms with van der Waals surface area (Å²) in [4.78, 5) is 0. The minimum absolute atomic E-state index is 0.245. The van der Waals surface area contributed by atoms with Crippen LogP contribution in [0.4, 0.5) is 5.69 Å². The van der Waals surface area contributed by atoms with Gasteiger partial charge < -0.3 is 20.3 Å². The molecule has 0 unspecified atom stereocenters. The normalized spacial score (nSPS) is 11.9. The van der Waals surface area contributed by atoms with Gasteiger partial charge in [0, 0.05) is 12.2 Å². The van der Waals surface area contributed by atoms with Crippen molar-refractivity contribution >= 4 is 5.69 Å². The summed E-state index contributed by atoms with van der Waals surface area (Å²) in [6.45, 7) is 0.614. The maximum atomic E-state index is 9.25. The number of nitrogens with one attached hydrogen (secondary N) is 1. The molecule has 0 aliphatic rings. The second-order valence-electron chi connectivity index (χ2n) is 4.52. The van der Waals surface area contributed by atoms with Crippen LogP contribution in [0.3, 0.4) is 0 Å². The van der Waals surface area contributed by atoms with Gasteiger partial charge in [-0.2, -0.15) is 0 Å². The molecule has 0 amide bonds. The number of hydrogen-bond acceptors (Lipinski definition) is 4. The lowest BCUT2D eigenvalue weighted by Crippen LogP contribution is -2.22. The Kier molecular flexibility index (Phi) is 5.41. The van der Waals surface area contributed by atoms with Crippen LogP contribution in [0.15, 0.2) is 54.6 Å². The lowest BCUT2D eigenvalue weighted by atomic mass is 10.2. The van der Waals surface area contributed by atoms with E-state index < -0.39 is 6.10 Å². The predicted molar refractivity (Wildman–Crippen MR) is 78.8 cm³/mol. The van der Waals surface area contributed by atoms with Crippen LogP contribution in [0, 0.1) is 0 Å². The zero-order chi connectivity index (χ0) is 14.2. The summed E-state index contributed by atoms with van der Waals surface area (Å²) in [6.07, 6.45) is -0.746. The molecule has 2 rings (SSSR count). The molecule has 1 atom stereocenters. The second kappa shape index (κ2) is 7.53. The fourth-order valence-corrected chi connectivity index (χ4v) is 1.71. The summed E-state index contributed by atoms with van der Waals surface area (Å²) >= 11 is 0. The topological polar surface area (TPSA) is 61.7 Å². The summed E-state index contributed by atoms with van der Waals surface area (Å²) in [5.41, 5.74) is 2.00. The van der Waals surface area contributed by atoms with Gasteiger partial charge in [-0.1, -0.05) is 30.3 Å². The van der Waals surface area contributed by atoms with Gasteiger partial charge >= 0.3 is 0 Å². The van der Waals surface area contributed by atoms with E-state index in [0.29, 0.717) is 13.2 Å². The molecule has 0 radical (unpaired) electrons. The third-order valence-corrected chi connectivity index (χ3v) is 2.86. The Morgan fingerprint density at radius 1 is 1.00 bits per heavy atom. The van der Waals surface area contributed by atoms with Crippen LogP contribution < -0.4 is 10.1 Å². The highest BCUT2D eigenvalue weighted by atomic mass is 16.5. The minimum atomic E-state index is -0.746. The van der Waals surface area contributed by atoms with Crippen molar-refractivity contribution in [3.63, 3.8) is 0 Å². The van der Waals surface area contributed by atoms with Crippen LogP contribution in [0.1, 0.15) is 5.56 Å². The van der Waals surface area contributed by atoms with Crippen LogP contribution in [-0.4, -0.2) is 29.5 Å². The first-order valence-corrected chi connectivity index (χ1v) is 6.57. The molecule has 0 aliphatic heterocycles. The van der Waals surface area contributed by atoms with Gasteiger partial charge in [0.25, 0.3) is 0 Å². The average molecular weight is 273 g/mol. The fourth-order valence-electron chi connectivity index (χ4n) is 1.71. The molecular formula is C16H19NO3. The number of anilines is 1. The Morgan fingerprint density at radius 2 is 1.70 bits per heavy atom. The van der Waals surface area contributed by atoms with E-state index in [4.69, 9.17) is 9.84 Å². The van der Waals surface area contributed by atoms with E-state index in [1.807, 2.05) is 54.6 Å². The van der Waals surface area contributed by atoms with E-state index in [1.165, 1.54) is 0 Å². The molecule has 2 aromatic carbocycles. The lowest BCUT2D eigenvalue weighted by molar-refractivity contribution is 0.105. The van der Waals surface area contributed by atoms with Crippen molar-refractivity contribution in [3.05, 3.63) is 60.2 Å². The van der Waals surface area contributed by atoms with Gasteiger partial charge in [-0.3, -0.25) is 0 Å². The second-order valence-corrected chi connectivity index (χ2v) is 4.52. The number of ether oxygens (including phenoxy) is 1. The van der Waals surface area contributed by atoms with Crippen molar-refractivity contribution in [2.24, 2.45) is 0 Å². The van der Waals surface area contributed by atoms with Crippen molar-refractivity contribution in [1.82, 2.24) is 0 Å². The number of rotatable bonds is 7. The third-order valence-electron chi connectivity index (χ3n) is 2.86.